The third-order valence-electron chi connectivity index (χ3n) is 0.666. The molecule has 0 amide bonds. The summed E-state index contributed by atoms with van der Waals surface area (Å²) in [5.41, 5.74) is 0. The summed E-state index contributed by atoms with van der Waals surface area (Å²) in [4.78, 5) is 33.9. The van der Waals surface area contributed by atoms with Gasteiger partial charge >= 0.3 is 11.8 Å². The van der Waals surface area contributed by atoms with Crippen LogP contribution in [0, 0.1) is 9.93 Å². The van der Waals surface area contributed by atoms with E-state index >= 15 is 0 Å². The Morgan fingerprint density at radius 3 is 2.18 bits per heavy atom. The molecule has 0 spiro atoms. The Morgan fingerprint density at radius 1 is 1.45 bits per heavy atom. The molecule has 1 aromatic heterocycles. The second kappa shape index (κ2) is 3.99. The molecule has 1 heterocycles. The Morgan fingerprint density at radius 2 is 2.00 bits per heavy atom. The van der Waals surface area contributed by atoms with Crippen molar-refractivity contribution in [2.75, 3.05) is 0 Å². The molecule has 0 bridgehead atoms. The molecule has 1 aromatic rings. The summed E-state index contributed by atoms with van der Waals surface area (Å²) in [5.74, 6) is -2.81. The van der Waals surface area contributed by atoms with E-state index in [9.17, 15) is 9.59 Å². The van der Waals surface area contributed by atoms with E-state index in [-0.39, 0.29) is 0 Å². The Labute approximate surface area is 58.5 Å². The Bertz CT molecular complexity index is 281. The van der Waals surface area contributed by atoms with Crippen LogP contribution in [0.1, 0.15) is 10.6 Å². The minimum absolute atomic E-state index is 0.486. The SMILES string of the molecule is O=C(O)c1coc(=O)o1.O=O. The zero-order chi connectivity index (χ0) is 8.85. The summed E-state index contributed by atoms with van der Waals surface area (Å²) in [6, 6.07) is 0. The van der Waals surface area contributed by atoms with Gasteiger partial charge in [-0.3, -0.25) is 0 Å². The van der Waals surface area contributed by atoms with Gasteiger partial charge in [0.05, 0.1) is 0 Å². The number of aromatic carboxylic acids is 1. The first-order valence-corrected chi connectivity index (χ1v) is 2.19. The molecule has 0 unspecified atom stereocenters. The van der Waals surface area contributed by atoms with Gasteiger partial charge in [-0.1, -0.05) is 0 Å². The number of carbonyl (C=O) groups is 1. The molecule has 0 radical (unpaired) electrons. The van der Waals surface area contributed by atoms with E-state index in [0.717, 1.165) is 6.26 Å². The Balaban J connectivity index is 0.000000461. The summed E-state index contributed by atoms with van der Waals surface area (Å²) in [6.45, 7) is 0. The lowest BCUT2D eigenvalue weighted by molar-refractivity contribution is 0.0660. The van der Waals surface area contributed by atoms with Crippen LogP contribution in [0.25, 0.3) is 0 Å². The lowest BCUT2D eigenvalue weighted by Gasteiger charge is -1.75. The van der Waals surface area contributed by atoms with Gasteiger partial charge in [0.2, 0.25) is 0 Å². The fourth-order valence-electron chi connectivity index (χ4n) is 0.334. The Kier molecular flexibility index (Phi) is 3.29. The van der Waals surface area contributed by atoms with E-state index < -0.39 is 17.6 Å². The highest BCUT2D eigenvalue weighted by Crippen LogP contribution is 1.92. The van der Waals surface area contributed by atoms with Gasteiger partial charge in [-0.15, -0.1) is 0 Å². The van der Waals surface area contributed by atoms with Crippen molar-refractivity contribution in [3.63, 3.8) is 0 Å². The maximum atomic E-state index is 10.00. The molecule has 1 rings (SSSR count). The standard InChI is InChI=1S/C4H2O5.O2/c5-3(6)2-1-8-4(7)9-2;1-2/h1H,(H,5,6);. The maximum Gasteiger partial charge on any atom is 0.519 e. The van der Waals surface area contributed by atoms with Gasteiger partial charge in [-0.05, 0) is 0 Å². The van der Waals surface area contributed by atoms with Gasteiger partial charge in [0.1, 0.15) is 6.26 Å². The monoisotopic (exact) mass is 162 g/mol. The Hall–Kier alpha value is -1.92. The number of carboxylic acid groups (broad SMARTS) is 1. The third-order valence-corrected chi connectivity index (χ3v) is 0.666. The van der Waals surface area contributed by atoms with E-state index in [1.165, 1.54) is 0 Å². The topological polar surface area (TPSA) is 115 Å². The van der Waals surface area contributed by atoms with E-state index in [4.69, 9.17) is 15.0 Å². The molecular weight excluding hydrogens is 160 g/mol. The number of carboxylic acids is 1. The maximum absolute atomic E-state index is 10.00. The molecular formula is C4H2O7. The molecule has 0 saturated heterocycles. The molecule has 60 valence electrons. The van der Waals surface area contributed by atoms with Crippen LogP contribution in [0.2, 0.25) is 0 Å². The fraction of sp³-hybridized carbons (Fsp3) is 0. The van der Waals surface area contributed by atoms with E-state index in [0.29, 0.717) is 0 Å². The molecule has 0 atom stereocenters. The van der Waals surface area contributed by atoms with Crippen LogP contribution in [-0.4, -0.2) is 11.1 Å². The van der Waals surface area contributed by atoms with Crippen molar-refractivity contribution in [2.24, 2.45) is 0 Å². The highest BCUT2D eigenvalue weighted by atomic mass is 16.7. The van der Waals surface area contributed by atoms with Crippen molar-refractivity contribution in [2.45, 2.75) is 0 Å². The average Bonchev–Trinajstić information content (AvgIpc) is 2.40. The molecule has 0 saturated carbocycles. The molecule has 0 aromatic carbocycles. The third kappa shape index (κ3) is 2.43. The number of hydrogen-bond donors (Lipinski definition) is 1. The van der Waals surface area contributed by atoms with E-state index in [1.807, 2.05) is 0 Å². The average molecular weight is 162 g/mol. The quantitative estimate of drug-likeness (QED) is 0.617. The minimum atomic E-state index is -1.32. The zero-order valence-electron chi connectivity index (χ0n) is 4.97. The molecule has 7 nitrogen and oxygen atoms in total. The molecule has 7 heteroatoms. The molecule has 0 aliphatic heterocycles. The van der Waals surface area contributed by atoms with Crippen molar-refractivity contribution >= 4 is 5.97 Å². The van der Waals surface area contributed by atoms with Gasteiger partial charge in [0.25, 0.3) is 5.76 Å². The normalized spacial score (nSPS) is 8.00. The van der Waals surface area contributed by atoms with Crippen LogP contribution in [-0.2, 0) is 0 Å². The van der Waals surface area contributed by atoms with Crippen molar-refractivity contribution in [1.82, 2.24) is 0 Å². The molecule has 0 fully saturated rings. The second-order valence-corrected chi connectivity index (χ2v) is 1.26. The first-order valence-electron chi connectivity index (χ1n) is 2.19. The summed E-state index contributed by atoms with van der Waals surface area (Å²) in [6.07, 6.45) is 0.741. The molecule has 0 aliphatic carbocycles. The predicted molar refractivity (Wildman–Crippen MR) is 30.9 cm³/mol. The molecule has 0 aliphatic rings. The number of rotatable bonds is 1. The van der Waals surface area contributed by atoms with Crippen LogP contribution in [0.4, 0.5) is 0 Å². The van der Waals surface area contributed by atoms with Crippen LogP contribution < -0.4 is 5.82 Å². The van der Waals surface area contributed by atoms with Gasteiger partial charge in [-0.2, -0.15) is 0 Å². The van der Waals surface area contributed by atoms with Crippen LogP contribution in [0.15, 0.2) is 19.9 Å². The van der Waals surface area contributed by atoms with Crippen LogP contribution in [0.3, 0.4) is 0 Å². The summed E-state index contributed by atoms with van der Waals surface area (Å²) in [7, 11) is 0. The van der Waals surface area contributed by atoms with Crippen molar-refractivity contribution < 1.29 is 18.7 Å². The molecule has 11 heavy (non-hydrogen) atoms. The van der Waals surface area contributed by atoms with Gasteiger partial charge < -0.3 is 13.9 Å². The lowest BCUT2D eigenvalue weighted by atomic mass is 10.5. The van der Waals surface area contributed by atoms with Crippen molar-refractivity contribution in [3.8, 4) is 0 Å². The van der Waals surface area contributed by atoms with E-state index in [1.54, 1.807) is 0 Å². The highest BCUT2D eigenvalue weighted by molar-refractivity contribution is 5.83. The zero-order valence-corrected chi connectivity index (χ0v) is 4.97. The molecule has 1 N–H and O–H groups in total. The predicted octanol–water partition coefficient (Wildman–Crippen LogP) is -0.00200. The van der Waals surface area contributed by atoms with Gasteiger partial charge in [-0.25, -0.2) is 9.59 Å². The number of hydrogen-bond acceptors (Lipinski definition) is 6. The van der Waals surface area contributed by atoms with Gasteiger partial charge in [0, 0.05) is 9.93 Å². The van der Waals surface area contributed by atoms with Crippen molar-refractivity contribution in [3.05, 3.63) is 32.6 Å². The van der Waals surface area contributed by atoms with Crippen molar-refractivity contribution in [1.29, 1.82) is 0 Å². The summed E-state index contributed by atoms with van der Waals surface area (Å²) in [5, 5.41) is 8.11. The smallest absolute Gasteiger partial charge is 0.475 e. The minimum Gasteiger partial charge on any atom is -0.475 e. The highest BCUT2D eigenvalue weighted by Gasteiger charge is 2.07. The lowest BCUT2D eigenvalue weighted by Crippen LogP contribution is -1.94. The van der Waals surface area contributed by atoms with Crippen LogP contribution in [0.5, 0.6) is 0 Å². The second-order valence-electron chi connectivity index (χ2n) is 1.26. The summed E-state index contributed by atoms with van der Waals surface area (Å²) < 4.78 is 8.05. The van der Waals surface area contributed by atoms with E-state index in [2.05, 4.69) is 8.83 Å². The first-order chi connectivity index (χ1) is 5.20. The van der Waals surface area contributed by atoms with Gasteiger partial charge in [0.15, 0.2) is 0 Å². The first kappa shape index (κ1) is 9.08. The largest absolute Gasteiger partial charge is 0.519 e. The fourth-order valence-corrected chi connectivity index (χ4v) is 0.334. The summed E-state index contributed by atoms with van der Waals surface area (Å²) >= 11 is 0. The van der Waals surface area contributed by atoms with Crippen LogP contribution >= 0.6 is 0 Å².